The van der Waals surface area contributed by atoms with Crippen LogP contribution in [0, 0.1) is 0 Å². The molecule has 0 atom stereocenters. The second-order valence-corrected chi connectivity index (χ2v) is 10.00. The normalized spacial score (nSPS) is 13.2. The Kier molecular flexibility index (Phi) is 5.97. The summed E-state index contributed by atoms with van der Waals surface area (Å²) in [6, 6.07) is 19.0. The van der Waals surface area contributed by atoms with Gasteiger partial charge in [0.1, 0.15) is 4.90 Å². The zero-order chi connectivity index (χ0) is 22.2. The first-order valence-corrected chi connectivity index (χ1v) is 11.9. The van der Waals surface area contributed by atoms with Crippen LogP contribution in [0.1, 0.15) is 21.5 Å². The van der Waals surface area contributed by atoms with E-state index in [0.717, 1.165) is 11.1 Å². The minimum Gasteiger partial charge on any atom is -0.337 e. The Morgan fingerprint density at radius 1 is 1.00 bits per heavy atom. The maximum Gasteiger partial charge on any atom is 0.265 e. The summed E-state index contributed by atoms with van der Waals surface area (Å²) < 4.78 is 28.1. The standard InChI is InChI=1S/C23H20Cl2N2O3S/c1-26(15-18-7-2-4-8-19(18)24)23(28)17-10-11-20(25)22(14-17)31(29,30)27-13-12-16-6-3-5-9-21(16)27/h2-11,14H,12-13,15H2,1H3. The zero-order valence-electron chi connectivity index (χ0n) is 16.8. The van der Waals surface area contributed by atoms with E-state index < -0.39 is 10.0 Å². The minimum atomic E-state index is -3.92. The molecule has 0 radical (unpaired) electrons. The smallest absolute Gasteiger partial charge is 0.265 e. The lowest BCUT2D eigenvalue weighted by atomic mass is 10.1. The highest BCUT2D eigenvalue weighted by Crippen LogP contribution is 2.35. The first kappa shape index (κ1) is 21.7. The molecule has 0 spiro atoms. The number of nitrogens with zero attached hydrogens (tertiary/aromatic N) is 2. The van der Waals surface area contributed by atoms with Gasteiger partial charge in [-0.2, -0.15) is 0 Å². The van der Waals surface area contributed by atoms with Gasteiger partial charge in [-0.3, -0.25) is 9.10 Å². The Balaban J connectivity index is 1.64. The molecule has 3 aromatic rings. The molecule has 0 bridgehead atoms. The van der Waals surface area contributed by atoms with E-state index in [1.54, 1.807) is 25.2 Å². The quantitative estimate of drug-likeness (QED) is 0.521. The van der Waals surface area contributed by atoms with Gasteiger partial charge in [-0.15, -0.1) is 0 Å². The lowest BCUT2D eigenvalue weighted by molar-refractivity contribution is 0.0785. The third-order valence-electron chi connectivity index (χ3n) is 5.30. The van der Waals surface area contributed by atoms with Crippen molar-refractivity contribution in [1.82, 2.24) is 4.90 Å². The van der Waals surface area contributed by atoms with E-state index in [4.69, 9.17) is 23.2 Å². The molecule has 0 saturated heterocycles. The van der Waals surface area contributed by atoms with E-state index in [0.29, 0.717) is 30.2 Å². The van der Waals surface area contributed by atoms with Crippen LogP contribution in [0.2, 0.25) is 10.0 Å². The molecular formula is C23H20Cl2N2O3S. The number of carbonyl (C=O) groups is 1. The topological polar surface area (TPSA) is 57.7 Å². The number of hydrogen-bond donors (Lipinski definition) is 0. The van der Waals surface area contributed by atoms with Crippen molar-refractivity contribution < 1.29 is 13.2 Å². The third-order valence-corrected chi connectivity index (χ3v) is 7.97. The van der Waals surface area contributed by atoms with Gasteiger partial charge < -0.3 is 4.90 Å². The van der Waals surface area contributed by atoms with Gasteiger partial charge in [-0.1, -0.05) is 59.6 Å². The van der Waals surface area contributed by atoms with Crippen LogP contribution in [0.5, 0.6) is 0 Å². The molecule has 1 heterocycles. The predicted molar refractivity (Wildman–Crippen MR) is 123 cm³/mol. The Morgan fingerprint density at radius 3 is 2.48 bits per heavy atom. The summed E-state index contributed by atoms with van der Waals surface area (Å²) in [6.07, 6.45) is 0.631. The fraction of sp³-hybridized carbons (Fsp3) is 0.174. The number of hydrogen-bond acceptors (Lipinski definition) is 3. The number of rotatable bonds is 5. The molecular weight excluding hydrogens is 455 g/mol. The summed E-state index contributed by atoms with van der Waals surface area (Å²) in [7, 11) is -2.28. The van der Waals surface area contributed by atoms with Crippen molar-refractivity contribution in [2.24, 2.45) is 0 Å². The number of anilines is 1. The number of sulfonamides is 1. The van der Waals surface area contributed by atoms with E-state index in [1.807, 2.05) is 30.3 Å². The summed E-state index contributed by atoms with van der Waals surface area (Å²) in [5.74, 6) is -0.324. The molecule has 0 unspecified atom stereocenters. The van der Waals surface area contributed by atoms with Crippen molar-refractivity contribution in [2.45, 2.75) is 17.9 Å². The van der Waals surface area contributed by atoms with Gasteiger partial charge in [0.2, 0.25) is 0 Å². The Morgan fingerprint density at radius 2 is 1.71 bits per heavy atom. The fourth-order valence-corrected chi connectivity index (χ4v) is 5.89. The van der Waals surface area contributed by atoms with E-state index >= 15 is 0 Å². The third kappa shape index (κ3) is 4.15. The first-order chi connectivity index (χ1) is 14.8. The van der Waals surface area contributed by atoms with E-state index in [2.05, 4.69) is 0 Å². The number of carbonyl (C=O) groups excluding carboxylic acids is 1. The molecule has 8 heteroatoms. The molecule has 4 rings (SSSR count). The second-order valence-electron chi connectivity index (χ2n) is 7.35. The zero-order valence-corrected chi connectivity index (χ0v) is 19.1. The number of para-hydroxylation sites is 1. The Bertz CT molecular complexity index is 1260. The van der Waals surface area contributed by atoms with Crippen molar-refractivity contribution in [2.75, 3.05) is 17.9 Å². The van der Waals surface area contributed by atoms with Gasteiger partial charge >= 0.3 is 0 Å². The summed E-state index contributed by atoms with van der Waals surface area (Å²) >= 11 is 12.5. The maximum atomic E-state index is 13.4. The lowest BCUT2D eigenvalue weighted by Crippen LogP contribution is -2.30. The van der Waals surface area contributed by atoms with E-state index in [-0.39, 0.29) is 21.4 Å². The number of fused-ring (bicyclic) bond motifs is 1. The summed E-state index contributed by atoms with van der Waals surface area (Å²) in [4.78, 5) is 14.4. The van der Waals surface area contributed by atoms with Crippen LogP contribution in [0.25, 0.3) is 0 Å². The predicted octanol–water partition coefficient (Wildman–Crippen LogP) is 5.02. The van der Waals surface area contributed by atoms with Gasteiger partial charge in [0.05, 0.1) is 10.7 Å². The summed E-state index contributed by atoms with van der Waals surface area (Å²) in [6.45, 7) is 0.630. The van der Waals surface area contributed by atoms with E-state index in [9.17, 15) is 13.2 Å². The van der Waals surface area contributed by atoms with Crippen LogP contribution in [-0.4, -0.2) is 32.8 Å². The van der Waals surface area contributed by atoms with Crippen LogP contribution in [0.4, 0.5) is 5.69 Å². The molecule has 0 aromatic heterocycles. The molecule has 0 fully saturated rings. The molecule has 0 saturated carbocycles. The van der Waals surface area contributed by atoms with E-state index in [1.165, 1.54) is 27.4 Å². The molecule has 5 nitrogen and oxygen atoms in total. The van der Waals surface area contributed by atoms with Crippen molar-refractivity contribution in [3.05, 3.63) is 93.5 Å². The first-order valence-electron chi connectivity index (χ1n) is 9.68. The number of benzene rings is 3. The summed E-state index contributed by atoms with van der Waals surface area (Å²) in [5.41, 5.74) is 2.65. The van der Waals surface area contributed by atoms with Crippen molar-refractivity contribution in [3.8, 4) is 0 Å². The van der Waals surface area contributed by atoms with Crippen molar-refractivity contribution >= 4 is 44.8 Å². The van der Waals surface area contributed by atoms with Crippen LogP contribution in [0.15, 0.2) is 71.6 Å². The van der Waals surface area contributed by atoms with Crippen molar-refractivity contribution in [1.29, 1.82) is 0 Å². The van der Waals surface area contributed by atoms with Crippen molar-refractivity contribution in [3.63, 3.8) is 0 Å². The average Bonchev–Trinajstić information content (AvgIpc) is 3.20. The maximum absolute atomic E-state index is 13.4. The van der Waals surface area contributed by atoms with Crippen LogP contribution in [-0.2, 0) is 23.0 Å². The molecule has 31 heavy (non-hydrogen) atoms. The van der Waals surface area contributed by atoms with Crippen LogP contribution >= 0.6 is 23.2 Å². The van der Waals surface area contributed by atoms with Gasteiger partial charge in [0, 0.05) is 30.7 Å². The molecule has 0 N–H and O–H groups in total. The molecule has 1 aliphatic heterocycles. The Hall–Kier alpha value is -2.54. The number of amides is 1. The molecule has 160 valence electrons. The highest BCUT2D eigenvalue weighted by Gasteiger charge is 2.32. The Labute approximate surface area is 191 Å². The molecule has 3 aromatic carbocycles. The van der Waals surface area contributed by atoms with Gasteiger partial charge in [0.25, 0.3) is 15.9 Å². The fourth-order valence-electron chi connectivity index (χ4n) is 3.68. The van der Waals surface area contributed by atoms with Gasteiger partial charge in [-0.05, 0) is 47.9 Å². The largest absolute Gasteiger partial charge is 0.337 e. The number of halogens is 2. The lowest BCUT2D eigenvalue weighted by Gasteiger charge is -2.22. The van der Waals surface area contributed by atoms with Gasteiger partial charge in [0.15, 0.2) is 0 Å². The highest BCUT2D eigenvalue weighted by molar-refractivity contribution is 7.93. The SMILES string of the molecule is CN(Cc1ccccc1Cl)C(=O)c1ccc(Cl)c(S(=O)(=O)N2CCc3ccccc32)c1. The average molecular weight is 475 g/mol. The summed E-state index contributed by atoms with van der Waals surface area (Å²) in [5, 5.41) is 0.643. The van der Waals surface area contributed by atoms with Crippen LogP contribution < -0.4 is 4.31 Å². The molecule has 0 aliphatic carbocycles. The highest BCUT2D eigenvalue weighted by atomic mass is 35.5. The molecule has 1 amide bonds. The second kappa shape index (κ2) is 8.54. The monoisotopic (exact) mass is 474 g/mol. The molecule has 1 aliphatic rings. The van der Waals surface area contributed by atoms with Gasteiger partial charge in [-0.25, -0.2) is 8.42 Å². The van der Waals surface area contributed by atoms with Crippen LogP contribution in [0.3, 0.4) is 0 Å². The minimum absolute atomic E-state index is 0.0784.